The minimum atomic E-state index is 0. The van der Waals surface area contributed by atoms with E-state index in [0.717, 1.165) is 22.4 Å². The molecule has 2 aromatic heterocycles. The van der Waals surface area contributed by atoms with Crippen molar-refractivity contribution < 1.29 is 20.1 Å². The molecule has 4 nitrogen and oxygen atoms in total. The topological polar surface area (TPSA) is 23.8 Å². The van der Waals surface area contributed by atoms with Gasteiger partial charge in [-0.3, -0.25) is 4.98 Å². The summed E-state index contributed by atoms with van der Waals surface area (Å²) >= 11 is 0. The maximum absolute atomic E-state index is 5.22. The molecule has 10 rings (SSSR count). The first-order valence-electron chi connectivity index (χ1n) is 15.9. The van der Waals surface area contributed by atoms with Crippen molar-refractivity contribution in [3.63, 3.8) is 0 Å². The van der Waals surface area contributed by atoms with Crippen molar-refractivity contribution in [3.8, 4) is 11.3 Å². The van der Waals surface area contributed by atoms with Crippen molar-refractivity contribution in [3.05, 3.63) is 158 Å². The molecule has 0 N–H and O–H groups in total. The molecule has 0 spiro atoms. The molecule has 48 heavy (non-hydrogen) atoms. The first-order valence-corrected chi connectivity index (χ1v) is 15.9. The van der Waals surface area contributed by atoms with E-state index in [9.17, 15) is 0 Å². The monoisotopic (exact) mass is 796 g/mol. The summed E-state index contributed by atoms with van der Waals surface area (Å²) in [6, 6.07) is 45.4. The normalized spacial score (nSPS) is 12.9. The van der Waals surface area contributed by atoms with Gasteiger partial charge in [0.05, 0.1) is 11.3 Å². The third kappa shape index (κ3) is 4.81. The zero-order chi connectivity index (χ0) is 31.6. The van der Waals surface area contributed by atoms with Crippen LogP contribution in [0.2, 0.25) is 0 Å². The van der Waals surface area contributed by atoms with E-state index in [1.165, 1.54) is 65.3 Å². The number of hydrogen-bond donors (Lipinski definition) is 0. The van der Waals surface area contributed by atoms with Crippen LogP contribution in [-0.2, 0) is 20.1 Å². The van der Waals surface area contributed by atoms with Crippen LogP contribution in [0.4, 0.5) is 5.69 Å². The van der Waals surface area contributed by atoms with E-state index >= 15 is 0 Å². The molecule has 0 fully saturated rings. The molecule has 7 aromatic carbocycles. The van der Waals surface area contributed by atoms with Gasteiger partial charge in [0.15, 0.2) is 0 Å². The molecular weight excluding hydrogens is 765 g/mol. The van der Waals surface area contributed by atoms with Gasteiger partial charge in [-0.05, 0) is 94.9 Å². The number of hydrogen-bond acceptors (Lipinski definition) is 3. The third-order valence-corrected chi connectivity index (χ3v) is 9.40. The summed E-state index contributed by atoms with van der Waals surface area (Å²) in [6.45, 7) is 6.34. The molecule has 9 aromatic rings. The molecule has 0 unspecified atom stereocenters. The summed E-state index contributed by atoms with van der Waals surface area (Å²) in [5, 5.41) is 11.2. The number of rotatable bonds is 2. The van der Waals surface area contributed by atoms with Crippen molar-refractivity contribution in [2.45, 2.75) is 13.8 Å². The van der Waals surface area contributed by atoms with E-state index in [4.69, 9.17) is 4.98 Å². The van der Waals surface area contributed by atoms with Crippen molar-refractivity contribution in [1.29, 1.82) is 0 Å². The van der Waals surface area contributed by atoms with Crippen LogP contribution in [0.25, 0.3) is 70.9 Å². The van der Waals surface area contributed by atoms with Crippen LogP contribution in [0.5, 0.6) is 0 Å². The molecule has 0 saturated heterocycles. The standard InChI is InChI=1S/C33H21N2.C10H10N2.Ir/c1-19-7-5-8-20(2)30(19)28-18-35-29-17-24-15-22-9-3-4-10-23(22)16-27(24)25-14-13-21-11-6-12-26(33(35)34-28)31(21)32(25)29;1-11-7-8-12(9-11)10-5-3-2-4-6-10;/h3-11,13-18H,1-2H3;2-5,7-9H,1H3;/q-1;-2;+3. The van der Waals surface area contributed by atoms with Gasteiger partial charge >= 0.3 is 20.1 Å². The van der Waals surface area contributed by atoms with Gasteiger partial charge in [0.25, 0.3) is 0 Å². The van der Waals surface area contributed by atoms with E-state index in [2.05, 4.69) is 115 Å². The van der Waals surface area contributed by atoms with E-state index in [1.807, 2.05) is 66.2 Å². The Labute approximate surface area is 293 Å². The Hall–Kier alpha value is -5.22. The van der Waals surface area contributed by atoms with Gasteiger partial charge in [0.2, 0.25) is 0 Å². The number of para-hydroxylation sites is 1. The fourth-order valence-electron chi connectivity index (χ4n) is 7.22. The Morgan fingerprint density at radius 1 is 0.667 bits per heavy atom. The Balaban J connectivity index is 0.000000220. The fourth-order valence-corrected chi connectivity index (χ4v) is 7.22. The largest absolute Gasteiger partial charge is 3.00 e. The molecule has 0 saturated carbocycles. The summed E-state index contributed by atoms with van der Waals surface area (Å²) in [4.78, 5) is 9.24. The summed E-state index contributed by atoms with van der Waals surface area (Å²) < 4.78 is 2.29. The summed E-state index contributed by atoms with van der Waals surface area (Å²) in [7, 11) is 2.00. The quantitative estimate of drug-likeness (QED) is 0.0989. The van der Waals surface area contributed by atoms with Crippen LogP contribution >= 0.6 is 0 Å². The van der Waals surface area contributed by atoms with Gasteiger partial charge < -0.3 is 14.2 Å². The number of benzene rings is 7. The first-order chi connectivity index (χ1) is 23.0. The molecule has 0 aliphatic carbocycles. The Kier molecular flexibility index (Phi) is 7.40. The minimum absolute atomic E-state index is 0. The maximum Gasteiger partial charge on any atom is 3.00 e. The molecule has 0 amide bonds. The zero-order valence-electron chi connectivity index (χ0n) is 26.8. The smallest absolute Gasteiger partial charge is 0.510 e. The van der Waals surface area contributed by atoms with E-state index < -0.39 is 0 Å². The van der Waals surface area contributed by atoms with Crippen molar-refractivity contribution >= 4 is 65.3 Å². The van der Waals surface area contributed by atoms with Crippen LogP contribution in [0.15, 0.2) is 128 Å². The average molecular weight is 796 g/mol. The van der Waals surface area contributed by atoms with Gasteiger partial charge in [0.1, 0.15) is 0 Å². The number of aromatic nitrogens is 2. The van der Waals surface area contributed by atoms with Crippen molar-refractivity contribution in [2.24, 2.45) is 0 Å². The van der Waals surface area contributed by atoms with Crippen LogP contribution in [0, 0.1) is 32.6 Å². The molecular formula is C43H31IrN4. The van der Waals surface area contributed by atoms with Crippen LogP contribution in [0.1, 0.15) is 11.1 Å². The average Bonchev–Trinajstić information content (AvgIpc) is 3.74. The fraction of sp³-hybridized carbons (Fsp3) is 0.0698. The Morgan fingerprint density at radius 3 is 2.21 bits per heavy atom. The van der Waals surface area contributed by atoms with E-state index in [0.29, 0.717) is 0 Å². The molecule has 0 bridgehead atoms. The van der Waals surface area contributed by atoms with E-state index in [1.54, 1.807) is 0 Å². The van der Waals surface area contributed by atoms with Gasteiger partial charge in [0, 0.05) is 17.3 Å². The second-order valence-electron chi connectivity index (χ2n) is 12.4. The van der Waals surface area contributed by atoms with Gasteiger partial charge in [-0.1, -0.05) is 65.4 Å². The first kappa shape index (κ1) is 30.1. The van der Waals surface area contributed by atoms with E-state index in [-0.39, 0.29) is 20.1 Å². The Bertz CT molecular complexity index is 2640. The SMILES string of the molecule is CN1C=CN(c2[c-]cccc2)[CH-]1.Cc1cccc(C)c1-c1cn2c3cc4cc5ccccc5cc4c4ccc5cc[c-]c(c5c43)c2n1.[Ir+3]. The third-order valence-electron chi connectivity index (χ3n) is 9.40. The summed E-state index contributed by atoms with van der Waals surface area (Å²) in [6.07, 6.45) is 6.22. The van der Waals surface area contributed by atoms with Crippen molar-refractivity contribution in [2.75, 3.05) is 11.9 Å². The number of anilines is 1. The number of nitrogens with zero attached hydrogens (tertiary/aromatic N) is 4. The predicted octanol–water partition coefficient (Wildman–Crippen LogP) is 10.4. The number of pyridine rings is 1. The maximum atomic E-state index is 5.22. The molecule has 1 aliphatic heterocycles. The van der Waals surface area contributed by atoms with Gasteiger partial charge in [-0.15, -0.1) is 29.3 Å². The van der Waals surface area contributed by atoms with Crippen LogP contribution < -0.4 is 4.90 Å². The van der Waals surface area contributed by atoms with Crippen molar-refractivity contribution in [1.82, 2.24) is 14.3 Å². The van der Waals surface area contributed by atoms with Crippen LogP contribution in [-0.4, -0.2) is 21.3 Å². The summed E-state index contributed by atoms with van der Waals surface area (Å²) in [5.74, 6) is 0. The zero-order valence-corrected chi connectivity index (χ0v) is 29.2. The predicted molar refractivity (Wildman–Crippen MR) is 197 cm³/mol. The van der Waals surface area contributed by atoms with Crippen LogP contribution in [0.3, 0.4) is 0 Å². The second kappa shape index (κ2) is 11.8. The molecule has 3 heterocycles. The van der Waals surface area contributed by atoms with Gasteiger partial charge in [-0.2, -0.15) is 37.0 Å². The molecule has 0 radical (unpaired) electrons. The molecule has 232 valence electrons. The molecule has 5 heteroatoms. The molecule has 0 atom stereocenters. The second-order valence-corrected chi connectivity index (χ2v) is 12.4. The Morgan fingerprint density at radius 2 is 1.46 bits per heavy atom. The minimum Gasteiger partial charge on any atom is -0.510 e. The molecule has 1 aliphatic rings. The van der Waals surface area contributed by atoms with Gasteiger partial charge in [-0.25, -0.2) is 0 Å². The number of imidazole rings is 1. The number of fused-ring (bicyclic) bond motifs is 6. The number of aryl methyl sites for hydroxylation is 2. The summed E-state index contributed by atoms with van der Waals surface area (Å²) in [5.41, 5.74) is 7.95.